The lowest BCUT2D eigenvalue weighted by Gasteiger charge is -2.47. The summed E-state index contributed by atoms with van der Waals surface area (Å²) in [6.45, 7) is 0.0981. The van der Waals surface area contributed by atoms with E-state index in [-0.39, 0.29) is 6.85 Å². The Hall–Kier alpha value is -4.96. The van der Waals surface area contributed by atoms with Crippen LogP contribution < -0.4 is 20.6 Å². The van der Waals surface area contributed by atoms with Gasteiger partial charge in [0.1, 0.15) is 5.82 Å². The molecule has 3 nitrogen and oxygen atoms in total. The third kappa shape index (κ3) is 2.45. The van der Waals surface area contributed by atoms with Crippen LogP contribution in [0.4, 0.5) is 28.6 Å². The Bertz CT molecular complexity index is 1890. The van der Waals surface area contributed by atoms with Crippen LogP contribution in [0.5, 0.6) is 0 Å². The van der Waals surface area contributed by atoms with Gasteiger partial charge in [0.15, 0.2) is 0 Å². The molecule has 176 valence electrons. The molecule has 0 fully saturated rings. The zero-order chi connectivity index (χ0) is 24.8. The van der Waals surface area contributed by atoms with Gasteiger partial charge in [0, 0.05) is 56.8 Å². The van der Waals surface area contributed by atoms with E-state index >= 15 is 0 Å². The Morgan fingerprint density at radius 3 is 1.68 bits per heavy atom. The van der Waals surface area contributed by atoms with Gasteiger partial charge in [-0.1, -0.05) is 84.9 Å². The molecular weight excluding hydrogens is 461 g/mol. The summed E-state index contributed by atoms with van der Waals surface area (Å²) in [5, 5.41) is 0. The van der Waals surface area contributed by atoms with Crippen LogP contribution in [0, 0.1) is 0 Å². The van der Waals surface area contributed by atoms with E-state index in [2.05, 4.69) is 148 Å². The smallest absolute Gasteiger partial charge is 0.335 e. The zero-order valence-corrected chi connectivity index (χ0v) is 20.6. The van der Waals surface area contributed by atoms with E-state index in [1.54, 1.807) is 0 Å². The Morgan fingerprint density at radius 1 is 0.421 bits per heavy atom. The summed E-state index contributed by atoms with van der Waals surface area (Å²) in [5.74, 6) is 1.21. The molecule has 0 amide bonds. The number of anilines is 5. The molecule has 0 spiro atoms. The summed E-state index contributed by atoms with van der Waals surface area (Å²) in [4.78, 5) is 5.06. The Balaban J connectivity index is 1.49. The molecule has 6 aromatic rings. The molecule has 0 N–H and O–H groups in total. The van der Waals surface area contributed by atoms with Gasteiger partial charge in [0.2, 0.25) is 0 Å². The Morgan fingerprint density at radius 2 is 0.974 bits per heavy atom. The summed E-state index contributed by atoms with van der Waals surface area (Å²) in [7, 11) is 0. The lowest BCUT2D eigenvalue weighted by molar-refractivity contribution is 1.04. The second-order valence-corrected chi connectivity index (χ2v) is 10.2. The molecule has 0 aliphatic carbocycles. The minimum atomic E-state index is 0.0981. The van der Waals surface area contributed by atoms with E-state index in [4.69, 9.17) is 0 Å². The van der Waals surface area contributed by atoms with Gasteiger partial charge in [-0.15, -0.1) is 0 Å². The van der Waals surface area contributed by atoms with Gasteiger partial charge in [-0.2, -0.15) is 0 Å². The molecule has 9 rings (SSSR count). The molecule has 4 heteroatoms. The molecule has 4 heterocycles. The molecule has 3 aliphatic heterocycles. The third-order valence-corrected chi connectivity index (χ3v) is 8.31. The van der Waals surface area contributed by atoms with Crippen molar-refractivity contribution in [2.75, 3.05) is 9.71 Å². The van der Waals surface area contributed by atoms with E-state index in [9.17, 15) is 0 Å². The molecule has 5 aromatic carbocycles. The molecule has 0 radical (unpaired) electrons. The lowest BCUT2D eigenvalue weighted by atomic mass is 9.42. The average Bonchev–Trinajstić information content (AvgIpc) is 3.39. The van der Waals surface area contributed by atoms with Crippen molar-refractivity contribution in [2.24, 2.45) is 0 Å². The highest BCUT2D eigenvalue weighted by molar-refractivity contribution is 6.95. The number of hydrogen-bond donors (Lipinski definition) is 0. The maximum Gasteiger partial charge on any atom is 0.335 e. The van der Waals surface area contributed by atoms with E-state index in [1.807, 2.05) is 0 Å². The van der Waals surface area contributed by atoms with Crippen molar-refractivity contribution in [3.63, 3.8) is 0 Å². The molecule has 3 aliphatic rings. The minimum Gasteiger partial charge on any atom is -0.376 e. The van der Waals surface area contributed by atoms with E-state index in [0.29, 0.717) is 0 Å². The predicted molar refractivity (Wildman–Crippen MR) is 158 cm³/mol. The summed E-state index contributed by atoms with van der Waals surface area (Å²) < 4.78 is 2.40. The van der Waals surface area contributed by atoms with Gasteiger partial charge in [-0.05, 0) is 53.5 Å². The SMILES string of the molecule is c1ccc(N2c3cccc4c3B3c5c(cn(-c6ccccc6)c52)-c2ccccc2N3c2ccccc2-4)cc1. The van der Waals surface area contributed by atoms with Crippen LogP contribution in [0.3, 0.4) is 0 Å². The number of rotatable bonds is 2. The summed E-state index contributed by atoms with van der Waals surface area (Å²) in [6.07, 6.45) is 2.36. The number of para-hydroxylation sites is 4. The first-order valence-corrected chi connectivity index (χ1v) is 13.2. The molecule has 0 saturated carbocycles. The van der Waals surface area contributed by atoms with Crippen LogP contribution >= 0.6 is 0 Å². The summed E-state index contributed by atoms with van der Waals surface area (Å²) in [6, 6.07) is 46.2. The quantitative estimate of drug-likeness (QED) is 0.242. The summed E-state index contributed by atoms with van der Waals surface area (Å²) in [5.41, 5.74) is 14.1. The maximum absolute atomic E-state index is 2.58. The number of benzene rings is 5. The number of nitrogens with zero attached hydrogens (tertiary/aromatic N) is 3. The molecule has 0 bridgehead atoms. The highest BCUT2D eigenvalue weighted by Crippen LogP contribution is 2.52. The highest BCUT2D eigenvalue weighted by atomic mass is 15.3. The zero-order valence-electron chi connectivity index (χ0n) is 20.6. The first-order valence-electron chi connectivity index (χ1n) is 13.2. The van der Waals surface area contributed by atoms with Gasteiger partial charge in [0.05, 0.1) is 0 Å². The molecular formula is C34H22BN3. The van der Waals surface area contributed by atoms with Crippen molar-refractivity contribution in [1.82, 2.24) is 4.57 Å². The number of fused-ring (bicyclic) bond motifs is 6. The van der Waals surface area contributed by atoms with Crippen molar-refractivity contribution in [1.29, 1.82) is 0 Å². The van der Waals surface area contributed by atoms with E-state index in [0.717, 1.165) is 5.69 Å². The minimum absolute atomic E-state index is 0.0981. The first kappa shape index (κ1) is 20.1. The normalized spacial score (nSPS) is 13.6. The molecule has 0 atom stereocenters. The predicted octanol–water partition coefficient (Wildman–Crippen LogP) is 7.17. The average molecular weight is 483 g/mol. The maximum atomic E-state index is 2.58. The van der Waals surface area contributed by atoms with Gasteiger partial charge >= 0.3 is 6.85 Å². The Labute approximate surface area is 221 Å². The highest BCUT2D eigenvalue weighted by Gasteiger charge is 2.50. The fraction of sp³-hybridized carbons (Fsp3) is 0. The van der Waals surface area contributed by atoms with Crippen LogP contribution in [0.2, 0.25) is 0 Å². The van der Waals surface area contributed by atoms with Crippen LogP contribution in [0.1, 0.15) is 0 Å². The second kappa shape index (κ2) is 7.30. The van der Waals surface area contributed by atoms with Crippen molar-refractivity contribution in [3.8, 4) is 27.9 Å². The molecule has 0 saturated heterocycles. The lowest BCUT2D eigenvalue weighted by Crippen LogP contribution is -2.63. The largest absolute Gasteiger partial charge is 0.376 e. The Kier molecular flexibility index (Phi) is 3.87. The van der Waals surface area contributed by atoms with Gasteiger partial charge in [-0.25, -0.2) is 0 Å². The second-order valence-electron chi connectivity index (χ2n) is 10.2. The van der Waals surface area contributed by atoms with Crippen molar-refractivity contribution in [2.45, 2.75) is 0 Å². The van der Waals surface area contributed by atoms with Crippen LogP contribution in [0.15, 0.2) is 134 Å². The first-order chi connectivity index (χ1) is 18.9. The van der Waals surface area contributed by atoms with Crippen molar-refractivity contribution < 1.29 is 0 Å². The van der Waals surface area contributed by atoms with E-state index < -0.39 is 0 Å². The molecule has 0 unspecified atom stereocenters. The standard InChI is InChI=1S/C34H22BN3/c1-3-12-23(13-4-1)36-22-28-26-17-8-10-20-30(26)38-29-19-9-7-16-25(29)27-18-11-21-31-32(27)35(38)33(28)34(36)37(31)24-14-5-2-6-15-24/h1-22H. The number of aromatic nitrogens is 1. The van der Waals surface area contributed by atoms with E-state index in [1.165, 1.54) is 61.7 Å². The monoisotopic (exact) mass is 483 g/mol. The van der Waals surface area contributed by atoms with Crippen molar-refractivity contribution in [3.05, 3.63) is 134 Å². The van der Waals surface area contributed by atoms with Crippen LogP contribution in [0.25, 0.3) is 27.9 Å². The van der Waals surface area contributed by atoms with Crippen LogP contribution in [-0.4, -0.2) is 11.4 Å². The topological polar surface area (TPSA) is 11.4 Å². The van der Waals surface area contributed by atoms with Gasteiger partial charge < -0.3 is 9.38 Å². The fourth-order valence-corrected chi connectivity index (χ4v) is 6.86. The molecule has 1 aromatic heterocycles. The fourth-order valence-electron chi connectivity index (χ4n) is 6.86. The molecule has 38 heavy (non-hydrogen) atoms. The van der Waals surface area contributed by atoms with Crippen molar-refractivity contribution >= 4 is 46.3 Å². The number of hydrogen-bond acceptors (Lipinski definition) is 2. The van der Waals surface area contributed by atoms with Crippen LogP contribution in [-0.2, 0) is 0 Å². The van der Waals surface area contributed by atoms with Gasteiger partial charge in [-0.3, -0.25) is 4.90 Å². The third-order valence-electron chi connectivity index (χ3n) is 8.31. The van der Waals surface area contributed by atoms with Gasteiger partial charge in [0.25, 0.3) is 0 Å². The summed E-state index contributed by atoms with van der Waals surface area (Å²) >= 11 is 0.